The van der Waals surface area contributed by atoms with Crippen LogP contribution in [0, 0.1) is 0 Å². The van der Waals surface area contributed by atoms with E-state index in [-0.39, 0.29) is 5.91 Å². The number of rotatable bonds is 6. The molecule has 0 atom stereocenters. The lowest BCUT2D eigenvalue weighted by Gasteiger charge is -2.19. The topological polar surface area (TPSA) is 69.7 Å². The Labute approximate surface area is 163 Å². The molecular weight excluding hydrogens is 356 g/mol. The van der Waals surface area contributed by atoms with Gasteiger partial charge in [-0.25, -0.2) is 4.98 Å². The zero-order valence-electron chi connectivity index (χ0n) is 15.7. The maximum absolute atomic E-state index is 12.8. The molecule has 0 unspecified atom stereocenters. The van der Waals surface area contributed by atoms with Gasteiger partial charge < -0.3 is 19.5 Å². The van der Waals surface area contributed by atoms with E-state index in [4.69, 9.17) is 19.2 Å². The summed E-state index contributed by atoms with van der Waals surface area (Å²) < 4.78 is 16.3. The van der Waals surface area contributed by atoms with Gasteiger partial charge in [0.2, 0.25) is 0 Å². The average molecular weight is 378 g/mol. The number of aromatic nitrogens is 1. The van der Waals surface area contributed by atoms with E-state index < -0.39 is 0 Å². The van der Waals surface area contributed by atoms with Crippen LogP contribution in [-0.2, 0) is 4.74 Å². The number of para-hydroxylation sites is 1. The summed E-state index contributed by atoms with van der Waals surface area (Å²) >= 11 is 0. The molecule has 1 aliphatic heterocycles. The van der Waals surface area contributed by atoms with Crippen LogP contribution >= 0.6 is 0 Å². The van der Waals surface area contributed by atoms with E-state index in [1.807, 2.05) is 48.5 Å². The molecule has 0 saturated carbocycles. The number of methoxy groups -OCH3 is 1. The second kappa shape index (κ2) is 8.27. The summed E-state index contributed by atoms with van der Waals surface area (Å²) in [6.07, 6.45) is 0.764. The number of nitrogens with one attached hydrogen (secondary N) is 1. The number of pyridine rings is 1. The first-order valence-corrected chi connectivity index (χ1v) is 9.33. The van der Waals surface area contributed by atoms with Crippen LogP contribution in [0.4, 0.5) is 0 Å². The molecule has 1 aliphatic rings. The fourth-order valence-electron chi connectivity index (χ4n) is 3.23. The van der Waals surface area contributed by atoms with Crippen molar-refractivity contribution in [3.63, 3.8) is 0 Å². The molecule has 6 heteroatoms. The maximum atomic E-state index is 12.8. The largest absolute Gasteiger partial charge is 0.486 e. The van der Waals surface area contributed by atoms with E-state index in [0.29, 0.717) is 37.7 Å². The first-order chi connectivity index (χ1) is 13.8. The Bertz CT molecular complexity index is 1000. The third kappa shape index (κ3) is 3.77. The Hall–Kier alpha value is -3.12. The monoisotopic (exact) mass is 378 g/mol. The number of hydrogen-bond donors (Lipinski definition) is 1. The van der Waals surface area contributed by atoms with E-state index in [1.165, 1.54) is 0 Å². The third-order valence-corrected chi connectivity index (χ3v) is 4.61. The molecule has 3 aromatic rings. The van der Waals surface area contributed by atoms with Gasteiger partial charge in [-0.05, 0) is 36.8 Å². The van der Waals surface area contributed by atoms with Gasteiger partial charge in [0.15, 0.2) is 11.5 Å². The lowest BCUT2D eigenvalue weighted by Crippen LogP contribution is -2.25. The summed E-state index contributed by atoms with van der Waals surface area (Å²) in [6, 6.07) is 15.2. The Morgan fingerprint density at radius 1 is 1.11 bits per heavy atom. The molecule has 4 rings (SSSR count). The van der Waals surface area contributed by atoms with Gasteiger partial charge in [-0.2, -0.15) is 0 Å². The summed E-state index contributed by atoms with van der Waals surface area (Å²) in [5, 5.41) is 3.79. The Kier molecular flexibility index (Phi) is 5.39. The van der Waals surface area contributed by atoms with Gasteiger partial charge in [-0.15, -0.1) is 0 Å². The molecule has 0 fully saturated rings. The van der Waals surface area contributed by atoms with Crippen molar-refractivity contribution in [1.29, 1.82) is 0 Å². The highest BCUT2D eigenvalue weighted by molar-refractivity contribution is 6.07. The Balaban J connectivity index is 1.71. The van der Waals surface area contributed by atoms with Crippen LogP contribution in [0.2, 0.25) is 0 Å². The van der Waals surface area contributed by atoms with Crippen LogP contribution in [0.1, 0.15) is 16.8 Å². The Morgan fingerprint density at radius 3 is 2.79 bits per heavy atom. The molecule has 2 heterocycles. The SMILES string of the molecule is COCCCNC(=O)c1cc(-c2ccc3c(c2)OCCO3)nc2ccccc12. The zero-order valence-corrected chi connectivity index (χ0v) is 15.7. The summed E-state index contributed by atoms with van der Waals surface area (Å²) in [4.78, 5) is 17.6. The number of ether oxygens (including phenoxy) is 3. The molecule has 28 heavy (non-hydrogen) atoms. The lowest BCUT2D eigenvalue weighted by molar-refractivity contribution is 0.0950. The smallest absolute Gasteiger partial charge is 0.252 e. The molecular formula is C22H22N2O4. The first-order valence-electron chi connectivity index (χ1n) is 9.33. The second-order valence-electron chi connectivity index (χ2n) is 6.53. The third-order valence-electron chi connectivity index (χ3n) is 4.61. The number of carbonyl (C=O) groups excluding carboxylic acids is 1. The Morgan fingerprint density at radius 2 is 1.93 bits per heavy atom. The van der Waals surface area contributed by atoms with Crippen molar-refractivity contribution < 1.29 is 19.0 Å². The van der Waals surface area contributed by atoms with Gasteiger partial charge >= 0.3 is 0 Å². The van der Waals surface area contributed by atoms with Crippen molar-refractivity contribution in [2.24, 2.45) is 0 Å². The standard InChI is InChI=1S/C22H22N2O4/c1-26-10-4-9-23-22(25)17-14-19(24-18-6-3-2-5-16(17)18)15-7-8-20-21(13-15)28-12-11-27-20/h2-3,5-8,13-14H,4,9-12H2,1H3,(H,23,25). The highest BCUT2D eigenvalue weighted by Crippen LogP contribution is 2.35. The van der Waals surface area contributed by atoms with Crippen molar-refractivity contribution in [1.82, 2.24) is 10.3 Å². The average Bonchev–Trinajstić information content (AvgIpc) is 2.75. The van der Waals surface area contributed by atoms with Gasteiger partial charge in [-0.1, -0.05) is 18.2 Å². The highest BCUT2D eigenvalue weighted by atomic mass is 16.6. The van der Waals surface area contributed by atoms with Gasteiger partial charge in [0.1, 0.15) is 13.2 Å². The van der Waals surface area contributed by atoms with Crippen LogP contribution < -0.4 is 14.8 Å². The molecule has 0 radical (unpaired) electrons. The van der Waals surface area contributed by atoms with Crippen molar-refractivity contribution in [3.05, 3.63) is 54.1 Å². The minimum atomic E-state index is -0.117. The van der Waals surface area contributed by atoms with Crippen molar-refractivity contribution in [2.75, 3.05) is 33.5 Å². The van der Waals surface area contributed by atoms with Gasteiger partial charge in [0, 0.05) is 31.2 Å². The fourth-order valence-corrected chi connectivity index (χ4v) is 3.23. The van der Waals surface area contributed by atoms with Gasteiger partial charge in [0.05, 0.1) is 16.8 Å². The molecule has 1 amide bonds. The minimum absolute atomic E-state index is 0.117. The zero-order chi connectivity index (χ0) is 19.3. The number of carbonyl (C=O) groups is 1. The summed E-state index contributed by atoms with van der Waals surface area (Å²) in [5.74, 6) is 1.31. The van der Waals surface area contributed by atoms with Crippen LogP contribution in [0.25, 0.3) is 22.2 Å². The van der Waals surface area contributed by atoms with Crippen molar-refractivity contribution in [2.45, 2.75) is 6.42 Å². The summed E-state index contributed by atoms with van der Waals surface area (Å²) in [7, 11) is 1.65. The van der Waals surface area contributed by atoms with Crippen molar-refractivity contribution in [3.8, 4) is 22.8 Å². The van der Waals surface area contributed by atoms with E-state index in [9.17, 15) is 4.79 Å². The molecule has 2 aromatic carbocycles. The van der Waals surface area contributed by atoms with Crippen LogP contribution in [0.3, 0.4) is 0 Å². The molecule has 1 aromatic heterocycles. The quantitative estimate of drug-likeness (QED) is 0.666. The maximum Gasteiger partial charge on any atom is 0.252 e. The normalized spacial score (nSPS) is 12.8. The minimum Gasteiger partial charge on any atom is -0.486 e. The van der Waals surface area contributed by atoms with Crippen LogP contribution in [0.5, 0.6) is 11.5 Å². The molecule has 0 bridgehead atoms. The fraction of sp³-hybridized carbons (Fsp3) is 0.273. The summed E-state index contributed by atoms with van der Waals surface area (Å²) in [6.45, 7) is 2.24. The van der Waals surface area contributed by atoms with Crippen LogP contribution in [-0.4, -0.2) is 44.4 Å². The van der Waals surface area contributed by atoms with Crippen molar-refractivity contribution >= 4 is 16.8 Å². The van der Waals surface area contributed by atoms with Gasteiger partial charge in [-0.3, -0.25) is 4.79 Å². The van der Waals surface area contributed by atoms with E-state index in [1.54, 1.807) is 7.11 Å². The lowest BCUT2D eigenvalue weighted by atomic mass is 10.0. The number of benzene rings is 2. The highest BCUT2D eigenvalue weighted by Gasteiger charge is 2.16. The summed E-state index contributed by atoms with van der Waals surface area (Å²) in [5.41, 5.74) is 2.98. The van der Waals surface area contributed by atoms with E-state index in [0.717, 1.165) is 34.3 Å². The molecule has 144 valence electrons. The number of nitrogens with zero attached hydrogens (tertiary/aromatic N) is 1. The second-order valence-corrected chi connectivity index (χ2v) is 6.53. The predicted molar refractivity (Wildman–Crippen MR) is 107 cm³/mol. The van der Waals surface area contributed by atoms with E-state index in [2.05, 4.69) is 5.32 Å². The van der Waals surface area contributed by atoms with Gasteiger partial charge in [0.25, 0.3) is 5.91 Å². The van der Waals surface area contributed by atoms with E-state index >= 15 is 0 Å². The first kappa shape index (κ1) is 18.3. The predicted octanol–water partition coefficient (Wildman–Crippen LogP) is 3.44. The number of fused-ring (bicyclic) bond motifs is 2. The van der Waals surface area contributed by atoms with Crippen LogP contribution in [0.15, 0.2) is 48.5 Å². The number of hydrogen-bond acceptors (Lipinski definition) is 5. The molecule has 6 nitrogen and oxygen atoms in total. The molecule has 1 N–H and O–H groups in total. The molecule has 0 saturated heterocycles. The molecule has 0 aliphatic carbocycles. The molecule has 0 spiro atoms. The number of amides is 1.